The van der Waals surface area contributed by atoms with Crippen LogP contribution in [-0.2, 0) is 0 Å². The van der Waals surface area contributed by atoms with Gasteiger partial charge in [0, 0.05) is 5.41 Å². The van der Waals surface area contributed by atoms with Crippen LogP contribution < -0.4 is 0 Å². The normalized spacial score (nSPS) is 12.9. The summed E-state index contributed by atoms with van der Waals surface area (Å²) >= 11 is 0. The highest BCUT2D eigenvalue weighted by Crippen LogP contribution is 2.28. The first-order chi connectivity index (χ1) is 8.06. The molecule has 0 fully saturated rings. The zero-order chi connectivity index (χ0) is 16.7. The molecule has 0 amide bonds. The van der Waals surface area contributed by atoms with Crippen LogP contribution in [0.2, 0.25) is 0 Å². The van der Waals surface area contributed by atoms with Crippen LogP contribution in [0.15, 0.2) is 0 Å². The smallest absolute Gasteiger partial charge is 0.0872 e. The lowest BCUT2D eigenvalue weighted by Crippen LogP contribution is -2.44. The molecule has 120 valence electrons. The number of aliphatic hydroxyl groups is 4. The van der Waals surface area contributed by atoms with Crippen LogP contribution in [0.5, 0.6) is 0 Å². The van der Waals surface area contributed by atoms with Crippen LogP contribution in [0.25, 0.3) is 0 Å². The van der Waals surface area contributed by atoms with Gasteiger partial charge in [0.15, 0.2) is 0 Å². The molecule has 0 radical (unpaired) electrons. The zero-order valence-corrected chi connectivity index (χ0v) is 14.5. The molecule has 0 aromatic heterocycles. The lowest BCUT2D eigenvalue weighted by Gasteiger charge is -2.35. The molecule has 0 saturated heterocycles. The lowest BCUT2D eigenvalue weighted by atomic mass is 9.78. The van der Waals surface area contributed by atoms with Crippen molar-refractivity contribution in [3.05, 3.63) is 0 Å². The summed E-state index contributed by atoms with van der Waals surface area (Å²) in [6.45, 7) is 17.4. The largest absolute Gasteiger partial charge is 0.396 e. The molecule has 0 spiro atoms. The second kappa shape index (κ2) is 8.20. The molecule has 0 atom stereocenters. The van der Waals surface area contributed by atoms with E-state index in [0.717, 1.165) is 0 Å². The molecule has 0 heterocycles. The van der Waals surface area contributed by atoms with Crippen molar-refractivity contribution in [1.82, 2.24) is 0 Å². The maximum absolute atomic E-state index is 9.39. The minimum Gasteiger partial charge on any atom is -0.396 e. The average Bonchev–Trinajstić information content (AvgIpc) is 2.17. The molecular weight excluding hydrogens is 244 g/mol. The van der Waals surface area contributed by atoms with Gasteiger partial charge in [0.2, 0.25) is 0 Å². The molecular formula is C15H36O4. The Morgan fingerprint density at radius 1 is 0.579 bits per heavy atom. The van der Waals surface area contributed by atoms with Crippen molar-refractivity contribution in [1.29, 1.82) is 0 Å². The molecule has 4 nitrogen and oxygen atoms in total. The maximum Gasteiger partial charge on any atom is 0.0872 e. The Morgan fingerprint density at radius 2 is 0.789 bits per heavy atom. The van der Waals surface area contributed by atoms with Crippen LogP contribution in [0.1, 0.15) is 69.2 Å². The van der Waals surface area contributed by atoms with E-state index in [-0.39, 0.29) is 6.61 Å². The van der Waals surface area contributed by atoms with E-state index < -0.39 is 22.2 Å². The van der Waals surface area contributed by atoms with Crippen molar-refractivity contribution in [2.75, 3.05) is 6.61 Å². The van der Waals surface area contributed by atoms with Gasteiger partial charge in [0.25, 0.3) is 0 Å². The summed E-state index contributed by atoms with van der Waals surface area (Å²) in [5.41, 5.74) is -3.23. The third kappa shape index (κ3) is 10.3. The van der Waals surface area contributed by atoms with Crippen molar-refractivity contribution in [2.45, 2.75) is 86.0 Å². The van der Waals surface area contributed by atoms with Crippen molar-refractivity contribution in [3.8, 4) is 0 Å². The second-order valence-electron chi connectivity index (χ2n) is 6.72. The zero-order valence-electron chi connectivity index (χ0n) is 14.5. The topological polar surface area (TPSA) is 80.9 Å². The summed E-state index contributed by atoms with van der Waals surface area (Å²) in [5, 5.41) is 36.4. The predicted octanol–water partition coefficient (Wildman–Crippen LogP) is 2.33. The quantitative estimate of drug-likeness (QED) is 0.639. The third-order valence-corrected chi connectivity index (χ3v) is 3.55. The number of hydrogen-bond donors (Lipinski definition) is 4. The first kappa shape index (κ1) is 23.9. The summed E-state index contributed by atoms with van der Waals surface area (Å²) in [4.78, 5) is 0. The fraction of sp³-hybridized carbons (Fsp3) is 1.00. The van der Waals surface area contributed by atoms with E-state index in [1.807, 2.05) is 27.7 Å². The fourth-order valence-corrected chi connectivity index (χ4v) is 0.193. The number of hydrogen-bond acceptors (Lipinski definition) is 4. The summed E-state index contributed by atoms with van der Waals surface area (Å²) in [7, 11) is 0. The van der Waals surface area contributed by atoms with Crippen molar-refractivity contribution >= 4 is 0 Å². The first-order valence-corrected chi connectivity index (χ1v) is 6.84. The monoisotopic (exact) mass is 280 g/mol. The van der Waals surface area contributed by atoms with Crippen molar-refractivity contribution in [2.24, 2.45) is 5.41 Å². The van der Waals surface area contributed by atoms with Gasteiger partial charge in [-0.15, -0.1) is 0 Å². The Bertz CT molecular complexity index is 202. The molecule has 0 unspecified atom stereocenters. The summed E-state index contributed by atoms with van der Waals surface area (Å²) < 4.78 is 0. The Labute approximate surface area is 119 Å². The predicted molar refractivity (Wildman–Crippen MR) is 81.1 cm³/mol. The molecule has 0 aliphatic carbocycles. The minimum absolute atomic E-state index is 0.0104. The van der Waals surface area contributed by atoms with E-state index >= 15 is 0 Å². The van der Waals surface area contributed by atoms with Crippen LogP contribution >= 0.6 is 0 Å². The molecule has 0 aliphatic heterocycles. The molecule has 0 saturated carbocycles. The Hall–Kier alpha value is -0.160. The Morgan fingerprint density at radius 3 is 0.789 bits per heavy atom. The number of aliphatic hydroxyl groups excluding tert-OH is 1. The number of rotatable bonds is 3. The molecule has 0 aromatic rings. The van der Waals surface area contributed by atoms with Crippen LogP contribution in [0, 0.1) is 5.41 Å². The Kier molecular flexibility index (Phi) is 10.3. The van der Waals surface area contributed by atoms with Gasteiger partial charge in [-0.3, -0.25) is 0 Å². The van der Waals surface area contributed by atoms with Gasteiger partial charge in [-0.05, 0) is 41.5 Å². The van der Waals surface area contributed by atoms with E-state index in [0.29, 0.717) is 0 Å². The van der Waals surface area contributed by atoms with E-state index in [4.69, 9.17) is 15.3 Å². The van der Waals surface area contributed by atoms with E-state index in [1.165, 1.54) is 0 Å². The van der Waals surface area contributed by atoms with Crippen LogP contribution in [0.3, 0.4) is 0 Å². The van der Waals surface area contributed by atoms with E-state index in [1.54, 1.807) is 41.5 Å². The van der Waals surface area contributed by atoms with Gasteiger partial charge in [0.05, 0.1) is 23.4 Å². The summed E-state index contributed by atoms with van der Waals surface area (Å²) in [5.74, 6) is 0. The highest BCUT2D eigenvalue weighted by atomic mass is 16.3. The molecule has 0 bridgehead atoms. The highest BCUT2D eigenvalue weighted by molar-refractivity contribution is 4.85. The molecule has 4 heteroatoms. The molecule has 4 N–H and O–H groups in total. The van der Waals surface area contributed by atoms with Gasteiger partial charge in [-0.25, -0.2) is 0 Å². The Balaban J connectivity index is -0.000000239. The summed E-state index contributed by atoms with van der Waals surface area (Å²) in [6.07, 6.45) is 0. The SMILES string of the molecule is CC.CC(C)(O)C(C)(C)CO.CC(C)(O)C(C)(C)O. The van der Waals surface area contributed by atoms with Gasteiger partial charge in [0.1, 0.15) is 0 Å². The van der Waals surface area contributed by atoms with Crippen LogP contribution in [0.4, 0.5) is 0 Å². The van der Waals surface area contributed by atoms with E-state index in [2.05, 4.69) is 0 Å². The van der Waals surface area contributed by atoms with Gasteiger partial charge in [-0.2, -0.15) is 0 Å². The molecule has 0 rings (SSSR count). The van der Waals surface area contributed by atoms with E-state index in [9.17, 15) is 5.11 Å². The van der Waals surface area contributed by atoms with Gasteiger partial charge < -0.3 is 20.4 Å². The van der Waals surface area contributed by atoms with Gasteiger partial charge in [-0.1, -0.05) is 27.7 Å². The average molecular weight is 280 g/mol. The first-order valence-electron chi connectivity index (χ1n) is 6.84. The maximum atomic E-state index is 9.39. The molecule has 0 aromatic carbocycles. The summed E-state index contributed by atoms with van der Waals surface area (Å²) in [6, 6.07) is 0. The van der Waals surface area contributed by atoms with Gasteiger partial charge >= 0.3 is 0 Å². The lowest BCUT2D eigenvalue weighted by molar-refractivity contribution is -0.107. The second-order valence-corrected chi connectivity index (χ2v) is 6.72. The molecule has 19 heavy (non-hydrogen) atoms. The fourth-order valence-electron chi connectivity index (χ4n) is 0.193. The third-order valence-electron chi connectivity index (χ3n) is 3.55. The molecule has 0 aliphatic rings. The highest BCUT2D eigenvalue weighted by Gasteiger charge is 2.34. The van der Waals surface area contributed by atoms with Crippen molar-refractivity contribution < 1.29 is 20.4 Å². The van der Waals surface area contributed by atoms with Crippen LogP contribution in [-0.4, -0.2) is 43.8 Å². The standard InChI is InChI=1S/C7H16O2.C6H14O2.C2H6/c1-6(2,5-8)7(3,4)9;1-5(2,7)6(3,4)8;1-2/h8-9H,5H2,1-4H3;7-8H,1-4H3;1-2H3. The minimum atomic E-state index is -1.01. The van der Waals surface area contributed by atoms with Crippen molar-refractivity contribution in [3.63, 3.8) is 0 Å².